The fourth-order valence-corrected chi connectivity index (χ4v) is 2.01. The molecule has 0 saturated heterocycles. The van der Waals surface area contributed by atoms with Gasteiger partial charge in [0.15, 0.2) is 0 Å². The summed E-state index contributed by atoms with van der Waals surface area (Å²) < 4.78 is 1.24. The van der Waals surface area contributed by atoms with Crippen LogP contribution >= 0.6 is 11.6 Å². The number of aromatic nitrogens is 2. The lowest BCUT2D eigenvalue weighted by atomic mass is 10.2. The Balaban J connectivity index is 2.10. The van der Waals surface area contributed by atoms with Gasteiger partial charge in [0.05, 0.1) is 4.92 Å². The molecular formula is C13H13ClN4O3. The predicted molar refractivity (Wildman–Crippen MR) is 78.4 cm³/mol. The summed E-state index contributed by atoms with van der Waals surface area (Å²) in [6.07, 6.45) is 1.24. The zero-order chi connectivity index (χ0) is 15.6. The molecule has 0 fully saturated rings. The zero-order valence-corrected chi connectivity index (χ0v) is 12.2. The molecule has 7 nitrogen and oxygen atoms in total. The molecule has 0 atom stereocenters. The van der Waals surface area contributed by atoms with Gasteiger partial charge in [-0.05, 0) is 31.5 Å². The first-order valence-corrected chi connectivity index (χ1v) is 6.49. The van der Waals surface area contributed by atoms with Gasteiger partial charge in [-0.3, -0.25) is 19.6 Å². The van der Waals surface area contributed by atoms with Gasteiger partial charge in [0, 0.05) is 10.7 Å². The number of benzene rings is 1. The van der Waals surface area contributed by atoms with E-state index >= 15 is 0 Å². The lowest BCUT2D eigenvalue weighted by Crippen LogP contribution is -2.19. The Kier molecular flexibility index (Phi) is 4.23. The number of halogens is 1. The summed E-state index contributed by atoms with van der Waals surface area (Å²) in [6, 6.07) is 5.17. The van der Waals surface area contributed by atoms with Crippen LogP contribution in [0.5, 0.6) is 0 Å². The van der Waals surface area contributed by atoms with Crippen molar-refractivity contribution in [3.8, 4) is 0 Å². The minimum atomic E-state index is -0.530. The summed E-state index contributed by atoms with van der Waals surface area (Å²) in [5, 5.41) is 17.9. The molecule has 2 rings (SSSR count). The van der Waals surface area contributed by atoms with Gasteiger partial charge in [-0.25, -0.2) is 0 Å². The standard InChI is InChI=1S/C13H13ClN4O3/c1-8-3-4-10(14)5-11(8)15-13(19)7-17-6-12(18(20)21)9(2)16-17/h3-6H,7H2,1-2H3,(H,15,19). The molecule has 1 amide bonds. The largest absolute Gasteiger partial charge is 0.324 e. The highest BCUT2D eigenvalue weighted by Crippen LogP contribution is 2.20. The average Bonchev–Trinajstić information content (AvgIpc) is 2.74. The Morgan fingerprint density at radius 1 is 1.48 bits per heavy atom. The molecule has 0 spiro atoms. The van der Waals surface area contributed by atoms with E-state index in [-0.39, 0.29) is 23.8 Å². The van der Waals surface area contributed by atoms with Crippen LogP contribution in [0.3, 0.4) is 0 Å². The van der Waals surface area contributed by atoms with Crippen LogP contribution in [0.15, 0.2) is 24.4 Å². The third kappa shape index (κ3) is 3.57. The van der Waals surface area contributed by atoms with E-state index in [1.165, 1.54) is 17.8 Å². The van der Waals surface area contributed by atoms with Crippen molar-refractivity contribution in [1.82, 2.24) is 9.78 Å². The highest BCUT2D eigenvalue weighted by Gasteiger charge is 2.16. The van der Waals surface area contributed by atoms with E-state index in [1.807, 2.05) is 6.92 Å². The normalized spacial score (nSPS) is 10.4. The summed E-state index contributed by atoms with van der Waals surface area (Å²) in [5.41, 5.74) is 1.63. The molecule has 1 N–H and O–H groups in total. The highest BCUT2D eigenvalue weighted by atomic mass is 35.5. The molecule has 0 radical (unpaired) electrons. The number of nitrogens with one attached hydrogen (secondary N) is 1. The molecule has 0 aliphatic carbocycles. The third-order valence-corrected chi connectivity index (χ3v) is 3.13. The van der Waals surface area contributed by atoms with Crippen molar-refractivity contribution in [2.75, 3.05) is 5.32 Å². The summed E-state index contributed by atoms with van der Waals surface area (Å²) >= 11 is 5.88. The number of carbonyl (C=O) groups is 1. The first-order valence-electron chi connectivity index (χ1n) is 6.11. The number of nitrogens with zero attached hydrogens (tertiary/aromatic N) is 3. The Hall–Kier alpha value is -2.41. The van der Waals surface area contributed by atoms with Crippen LogP contribution in [0.4, 0.5) is 11.4 Å². The van der Waals surface area contributed by atoms with Crippen molar-refractivity contribution in [2.24, 2.45) is 0 Å². The number of amides is 1. The Labute approximate surface area is 125 Å². The van der Waals surface area contributed by atoms with Crippen LogP contribution in [0.1, 0.15) is 11.3 Å². The van der Waals surface area contributed by atoms with Gasteiger partial charge in [-0.2, -0.15) is 5.10 Å². The second kappa shape index (κ2) is 5.92. The van der Waals surface area contributed by atoms with Crippen molar-refractivity contribution in [1.29, 1.82) is 0 Å². The molecule has 1 aromatic carbocycles. The lowest BCUT2D eigenvalue weighted by molar-refractivity contribution is -0.385. The second-order valence-corrected chi connectivity index (χ2v) is 5.00. The van der Waals surface area contributed by atoms with E-state index < -0.39 is 4.92 Å². The Morgan fingerprint density at radius 2 is 2.19 bits per heavy atom. The minimum absolute atomic E-state index is 0.110. The second-order valence-electron chi connectivity index (χ2n) is 4.56. The maximum absolute atomic E-state index is 12.0. The van der Waals surface area contributed by atoms with Crippen LogP contribution < -0.4 is 5.32 Å². The average molecular weight is 309 g/mol. The minimum Gasteiger partial charge on any atom is -0.324 e. The van der Waals surface area contributed by atoms with E-state index in [4.69, 9.17) is 11.6 Å². The van der Waals surface area contributed by atoms with Gasteiger partial charge < -0.3 is 5.32 Å². The fraction of sp³-hybridized carbons (Fsp3) is 0.231. The van der Waals surface area contributed by atoms with Gasteiger partial charge >= 0.3 is 5.69 Å². The van der Waals surface area contributed by atoms with E-state index in [1.54, 1.807) is 18.2 Å². The van der Waals surface area contributed by atoms with Gasteiger partial charge in [-0.15, -0.1) is 0 Å². The van der Waals surface area contributed by atoms with Crippen molar-refractivity contribution in [3.63, 3.8) is 0 Å². The number of rotatable bonds is 4. The number of hydrogen-bond donors (Lipinski definition) is 1. The van der Waals surface area contributed by atoms with Crippen molar-refractivity contribution < 1.29 is 9.72 Å². The summed E-state index contributed by atoms with van der Waals surface area (Å²) in [6.45, 7) is 3.25. The van der Waals surface area contributed by atoms with Gasteiger partial charge in [-0.1, -0.05) is 17.7 Å². The zero-order valence-electron chi connectivity index (χ0n) is 11.5. The third-order valence-electron chi connectivity index (χ3n) is 2.90. The van der Waals surface area contributed by atoms with E-state index in [0.717, 1.165) is 5.56 Å². The topological polar surface area (TPSA) is 90.1 Å². The van der Waals surface area contributed by atoms with E-state index in [0.29, 0.717) is 10.7 Å². The molecule has 8 heteroatoms. The first kappa shape index (κ1) is 15.0. The van der Waals surface area contributed by atoms with Crippen LogP contribution in [-0.4, -0.2) is 20.6 Å². The van der Waals surface area contributed by atoms with E-state index in [2.05, 4.69) is 10.4 Å². The molecule has 0 aliphatic heterocycles. The first-order chi connectivity index (χ1) is 9.86. The maximum atomic E-state index is 12.0. The number of aryl methyl sites for hydroxylation is 2. The molecule has 21 heavy (non-hydrogen) atoms. The van der Waals surface area contributed by atoms with Crippen molar-refractivity contribution >= 4 is 28.9 Å². The Morgan fingerprint density at radius 3 is 2.81 bits per heavy atom. The number of hydrogen-bond acceptors (Lipinski definition) is 4. The molecule has 2 aromatic rings. The van der Waals surface area contributed by atoms with Crippen LogP contribution in [0.2, 0.25) is 5.02 Å². The molecule has 0 unspecified atom stereocenters. The molecular weight excluding hydrogens is 296 g/mol. The molecule has 110 valence electrons. The highest BCUT2D eigenvalue weighted by molar-refractivity contribution is 6.31. The quantitative estimate of drug-likeness (QED) is 0.694. The molecule has 0 saturated carbocycles. The van der Waals surface area contributed by atoms with Crippen LogP contribution in [-0.2, 0) is 11.3 Å². The van der Waals surface area contributed by atoms with E-state index in [9.17, 15) is 14.9 Å². The lowest BCUT2D eigenvalue weighted by Gasteiger charge is -2.08. The van der Waals surface area contributed by atoms with Crippen LogP contribution in [0.25, 0.3) is 0 Å². The Bertz CT molecular complexity index is 711. The number of anilines is 1. The van der Waals surface area contributed by atoms with Gasteiger partial charge in [0.25, 0.3) is 0 Å². The smallest absolute Gasteiger partial charge is 0.309 e. The predicted octanol–water partition coefficient (Wildman–Crippen LogP) is 2.70. The van der Waals surface area contributed by atoms with Gasteiger partial charge in [0.1, 0.15) is 18.4 Å². The van der Waals surface area contributed by atoms with Gasteiger partial charge in [0.2, 0.25) is 5.91 Å². The monoisotopic (exact) mass is 308 g/mol. The van der Waals surface area contributed by atoms with Crippen molar-refractivity contribution in [3.05, 3.63) is 50.8 Å². The van der Waals surface area contributed by atoms with Crippen molar-refractivity contribution in [2.45, 2.75) is 20.4 Å². The summed E-state index contributed by atoms with van der Waals surface area (Å²) in [7, 11) is 0. The fourth-order valence-electron chi connectivity index (χ4n) is 1.83. The van der Waals surface area contributed by atoms with Crippen LogP contribution in [0, 0.1) is 24.0 Å². The number of nitro groups is 1. The number of carbonyl (C=O) groups excluding carboxylic acids is 1. The molecule has 1 aromatic heterocycles. The molecule has 0 aliphatic rings. The molecule has 0 bridgehead atoms. The SMILES string of the molecule is Cc1ccc(Cl)cc1NC(=O)Cn1cc([N+](=O)[O-])c(C)n1. The summed E-state index contributed by atoms with van der Waals surface area (Å²) in [4.78, 5) is 22.2. The maximum Gasteiger partial charge on any atom is 0.309 e. The summed E-state index contributed by atoms with van der Waals surface area (Å²) in [5.74, 6) is -0.335. The molecule has 1 heterocycles.